The molecule has 0 saturated carbocycles. The average Bonchev–Trinajstić information content (AvgIpc) is 3.37. The predicted octanol–water partition coefficient (Wildman–Crippen LogP) is 4.45. The Hall–Kier alpha value is -2.90. The maximum atomic E-state index is 11.4. The quantitative estimate of drug-likeness (QED) is 0.460. The number of primary amides is 1. The molecule has 0 atom stereocenters. The highest BCUT2D eigenvalue weighted by molar-refractivity contribution is 7.98. The topological polar surface area (TPSA) is 73.8 Å². The van der Waals surface area contributed by atoms with Crippen LogP contribution in [0.4, 0.5) is 0 Å². The van der Waals surface area contributed by atoms with Crippen LogP contribution in [0.15, 0.2) is 77.3 Å². The smallest absolute Gasteiger partial charge is 0.248 e. The highest BCUT2D eigenvalue weighted by Crippen LogP contribution is 2.29. The summed E-state index contributed by atoms with van der Waals surface area (Å²) in [7, 11) is 0. The molecule has 4 aromatic rings. The number of thiophene rings is 1. The Morgan fingerprint density at radius 1 is 1.00 bits per heavy atom. The van der Waals surface area contributed by atoms with Crippen molar-refractivity contribution in [2.24, 2.45) is 5.73 Å². The lowest BCUT2D eigenvalue weighted by atomic mass is 10.1. The number of thioether (sulfide) groups is 1. The standard InChI is InChI=1S/C21H18N4OS2/c22-19(26)17-9-4-8-16(12-17)14-28-21-24-23-20(18-10-5-11-27-18)25(21)13-15-6-2-1-3-7-15/h1-12H,13-14H2,(H2,22,26). The van der Waals surface area contributed by atoms with Gasteiger partial charge in [0, 0.05) is 11.3 Å². The number of hydrogen-bond acceptors (Lipinski definition) is 5. The van der Waals surface area contributed by atoms with E-state index in [0.717, 1.165) is 21.4 Å². The van der Waals surface area contributed by atoms with Gasteiger partial charge < -0.3 is 5.73 Å². The van der Waals surface area contributed by atoms with Gasteiger partial charge in [0.2, 0.25) is 5.91 Å². The van der Waals surface area contributed by atoms with Crippen molar-refractivity contribution in [3.8, 4) is 10.7 Å². The fourth-order valence-electron chi connectivity index (χ4n) is 2.85. The summed E-state index contributed by atoms with van der Waals surface area (Å²) in [5.41, 5.74) is 8.12. The van der Waals surface area contributed by atoms with Gasteiger partial charge in [-0.25, -0.2) is 0 Å². The van der Waals surface area contributed by atoms with Crippen LogP contribution in [0.3, 0.4) is 0 Å². The zero-order valence-corrected chi connectivity index (χ0v) is 16.6. The molecule has 0 aliphatic carbocycles. The summed E-state index contributed by atoms with van der Waals surface area (Å²) in [5.74, 6) is 1.13. The summed E-state index contributed by atoms with van der Waals surface area (Å²) in [6.45, 7) is 0.699. The molecule has 140 valence electrons. The first kappa shape index (κ1) is 18.5. The molecule has 0 aliphatic heterocycles. The molecule has 0 unspecified atom stereocenters. The van der Waals surface area contributed by atoms with Crippen LogP contribution in [0.25, 0.3) is 10.7 Å². The Bertz CT molecular complexity index is 1080. The fraction of sp³-hybridized carbons (Fsp3) is 0.0952. The number of rotatable bonds is 7. The lowest BCUT2D eigenvalue weighted by Gasteiger charge is -2.10. The van der Waals surface area contributed by atoms with Crippen LogP contribution in [-0.2, 0) is 12.3 Å². The molecule has 7 heteroatoms. The van der Waals surface area contributed by atoms with Crippen LogP contribution in [-0.4, -0.2) is 20.7 Å². The zero-order valence-electron chi connectivity index (χ0n) is 15.0. The highest BCUT2D eigenvalue weighted by atomic mass is 32.2. The van der Waals surface area contributed by atoms with E-state index in [2.05, 4.69) is 33.0 Å². The van der Waals surface area contributed by atoms with Gasteiger partial charge in [0.05, 0.1) is 11.4 Å². The Morgan fingerprint density at radius 3 is 2.57 bits per heavy atom. The van der Waals surface area contributed by atoms with E-state index in [1.807, 2.05) is 47.8 Å². The molecule has 28 heavy (non-hydrogen) atoms. The zero-order chi connectivity index (χ0) is 19.3. The first-order valence-electron chi connectivity index (χ1n) is 8.73. The van der Waals surface area contributed by atoms with Crippen molar-refractivity contribution in [1.82, 2.24) is 14.8 Å². The van der Waals surface area contributed by atoms with E-state index < -0.39 is 5.91 Å². The number of carbonyl (C=O) groups excluding carboxylic acids is 1. The first-order valence-corrected chi connectivity index (χ1v) is 10.6. The van der Waals surface area contributed by atoms with E-state index in [1.165, 1.54) is 5.56 Å². The van der Waals surface area contributed by atoms with Crippen molar-refractivity contribution in [3.05, 3.63) is 88.8 Å². The second-order valence-electron chi connectivity index (χ2n) is 6.21. The van der Waals surface area contributed by atoms with E-state index in [4.69, 9.17) is 5.73 Å². The molecular formula is C21H18N4OS2. The van der Waals surface area contributed by atoms with Crippen LogP contribution >= 0.6 is 23.1 Å². The van der Waals surface area contributed by atoms with Crippen LogP contribution in [0.1, 0.15) is 21.5 Å². The van der Waals surface area contributed by atoms with Gasteiger partial charge in [-0.05, 0) is 34.7 Å². The number of nitrogens with two attached hydrogens (primary N) is 1. The van der Waals surface area contributed by atoms with Crippen molar-refractivity contribution >= 4 is 29.0 Å². The first-order chi connectivity index (χ1) is 13.7. The summed E-state index contributed by atoms with van der Waals surface area (Å²) in [6, 6.07) is 21.7. The molecule has 0 saturated heterocycles. The van der Waals surface area contributed by atoms with Crippen LogP contribution in [0.5, 0.6) is 0 Å². The van der Waals surface area contributed by atoms with Gasteiger partial charge in [0.1, 0.15) is 0 Å². The van der Waals surface area contributed by atoms with Crippen molar-refractivity contribution in [3.63, 3.8) is 0 Å². The molecular weight excluding hydrogens is 388 g/mol. The predicted molar refractivity (Wildman–Crippen MR) is 113 cm³/mol. The lowest BCUT2D eigenvalue weighted by Crippen LogP contribution is -2.10. The Balaban J connectivity index is 1.61. The normalized spacial score (nSPS) is 10.9. The molecule has 0 radical (unpaired) electrons. The maximum absolute atomic E-state index is 11.4. The fourth-order valence-corrected chi connectivity index (χ4v) is 4.45. The Labute approximate surface area is 171 Å². The van der Waals surface area contributed by atoms with Crippen molar-refractivity contribution in [2.75, 3.05) is 0 Å². The molecule has 5 nitrogen and oxygen atoms in total. The third-order valence-electron chi connectivity index (χ3n) is 4.22. The minimum Gasteiger partial charge on any atom is -0.366 e. The summed E-state index contributed by atoms with van der Waals surface area (Å²) < 4.78 is 2.14. The van der Waals surface area contributed by atoms with Gasteiger partial charge in [-0.2, -0.15) is 0 Å². The molecule has 0 fully saturated rings. The van der Waals surface area contributed by atoms with Crippen molar-refractivity contribution in [1.29, 1.82) is 0 Å². The molecule has 2 aromatic carbocycles. The van der Waals surface area contributed by atoms with Crippen molar-refractivity contribution < 1.29 is 4.79 Å². The molecule has 0 bridgehead atoms. The van der Waals surface area contributed by atoms with E-state index in [0.29, 0.717) is 17.9 Å². The van der Waals surface area contributed by atoms with Crippen LogP contribution < -0.4 is 5.73 Å². The second kappa shape index (κ2) is 8.41. The SMILES string of the molecule is NC(=O)c1cccc(CSc2nnc(-c3cccs3)n2Cc2ccccc2)c1. The molecule has 2 heterocycles. The summed E-state index contributed by atoms with van der Waals surface area (Å²) in [5, 5.41) is 11.8. The largest absolute Gasteiger partial charge is 0.366 e. The number of aromatic nitrogens is 3. The molecule has 2 N–H and O–H groups in total. The number of benzene rings is 2. The van der Waals surface area contributed by atoms with Crippen molar-refractivity contribution in [2.45, 2.75) is 17.5 Å². The molecule has 2 aromatic heterocycles. The van der Waals surface area contributed by atoms with Gasteiger partial charge in [0.15, 0.2) is 11.0 Å². The van der Waals surface area contributed by atoms with Crippen LogP contribution in [0, 0.1) is 0 Å². The summed E-state index contributed by atoms with van der Waals surface area (Å²) in [4.78, 5) is 12.5. The van der Waals surface area contributed by atoms with Crippen LogP contribution in [0.2, 0.25) is 0 Å². The molecule has 0 spiro atoms. The maximum Gasteiger partial charge on any atom is 0.248 e. The minimum absolute atomic E-state index is 0.418. The van der Waals surface area contributed by atoms with Gasteiger partial charge in [0.25, 0.3) is 0 Å². The molecule has 4 rings (SSSR count). The van der Waals surface area contributed by atoms with Gasteiger partial charge in [-0.1, -0.05) is 60.3 Å². The molecule has 1 amide bonds. The van der Waals surface area contributed by atoms with Gasteiger partial charge in [-0.3, -0.25) is 9.36 Å². The molecule has 0 aliphatic rings. The number of amides is 1. The minimum atomic E-state index is -0.418. The number of nitrogens with zero attached hydrogens (tertiary/aromatic N) is 3. The van der Waals surface area contributed by atoms with E-state index in [9.17, 15) is 4.79 Å². The summed E-state index contributed by atoms with van der Waals surface area (Å²) in [6.07, 6.45) is 0. The summed E-state index contributed by atoms with van der Waals surface area (Å²) >= 11 is 3.25. The monoisotopic (exact) mass is 406 g/mol. The van der Waals surface area contributed by atoms with E-state index in [-0.39, 0.29) is 0 Å². The Morgan fingerprint density at radius 2 is 1.82 bits per heavy atom. The highest BCUT2D eigenvalue weighted by Gasteiger charge is 2.16. The van der Waals surface area contributed by atoms with Gasteiger partial charge in [-0.15, -0.1) is 21.5 Å². The lowest BCUT2D eigenvalue weighted by molar-refractivity contribution is 0.1000. The second-order valence-corrected chi connectivity index (χ2v) is 8.10. The van der Waals surface area contributed by atoms with Gasteiger partial charge >= 0.3 is 0 Å². The number of hydrogen-bond donors (Lipinski definition) is 1. The van der Waals surface area contributed by atoms with E-state index in [1.54, 1.807) is 29.2 Å². The van der Waals surface area contributed by atoms with E-state index >= 15 is 0 Å². The average molecular weight is 407 g/mol. The third-order valence-corrected chi connectivity index (χ3v) is 6.13. The number of carbonyl (C=O) groups is 1. The Kier molecular flexibility index (Phi) is 5.55. The third kappa shape index (κ3) is 4.16.